The molecule has 0 amide bonds. The molecule has 0 heterocycles. The Morgan fingerprint density at radius 3 is 2.52 bits per heavy atom. The van der Waals surface area contributed by atoms with E-state index in [2.05, 4.69) is 13.0 Å². The van der Waals surface area contributed by atoms with Gasteiger partial charge in [0.1, 0.15) is 12.2 Å². The van der Waals surface area contributed by atoms with Gasteiger partial charge in [0, 0.05) is 11.5 Å². The molecule has 6 heteroatoms. The quantitative estimate of drug-likeness (QED) is 0.649. The van der Waals surface area contributed by atoms with E-state index in [1.807, 2.05) is 13.0 Å². The molecule has 160 valence electrons. The summed E-state index contributed by atoms with van der Waals surface area (Å²) in [6, 6.07) is 0. The number of carboxylic acid groups (broad SMARTS) is 1. The van der Waals surface area contributed by atoms with Gasteiger partial charge in [0.2, 0.25) is 0 Å². The molecule has 0 bridgehead atoms. The minimum atomic E-state index is -4.44. The van der Waals surface area contributed by atoms with Gasteiger partial charge in [-0.15, -0.1) is 0 Å². The standard InChI is InChI=1S/C23H29F3O3/c1-21-9-7-13(20(28)29)11-14(21)3-4-15-16-5-6-18(19(27)12-23(24,25)26)22(16,2)10-8-17(15)21/h3,11,15-18H,4-10,12H2,1-2H3,(H,28,29)/t15-,16-,17-,18+,21-,22-/m0/s1. The molecule has 6 atom stereocenters. The number of carboxylic acids is 1. The van der Waals surface area contributed by atoms with Crippen LogP contribution in [0.15, 0.2) is 23.3 Å². The topological polar surface area (TPSA) is 54.4 Å². The van der Waals surface area contributed by atoms with Gasteiger partial charge in [0.05, 0.1) is 0 Å². The summed E-state index contributed by atoms with van der Waals surface area (Å²) < 4.78 is 38.5. The first kappa shape index (κ1) is 20.7. The van der Waals surface area contributed by atoms with Crippen molar-refractivity contribution in [1.29, 1.82) is 0 Å². The normalized spacial score (nSPS) is 41.6. The van der Waals surface area contributed by atoms with Crippen LogP contribution in [0.4, 0.5) is 13.2 Å². The lowest BCUT2D eigenvalue weighted by atomic mass is 9.47. The molecule has 3 nitrogen and oxygen atoms in total. The number of hydrogen-bond donors (Lipinski definition) is 1. The van der Waals surface area contributed by atoms with E-state index < -0.39 is 30.3 Å². The highest BCUT2D eigenvalue weighted by molar-refractivity contribution is 5.87. The van der Waals surface area contributed by atoms with E-state index in [1.54, 1.807) is 0 Å². The van der Waals surface area contributed by atoms with Crippen LogP contribution in [0, 0.1) is 34.5 Å². The van der Waals surface area contributed by atoms with Crippen LogP contribution in [-0.2, 0) is 9.59 Å². The first-order valence-corrected chi connectivity index (χ1v) is 10.7. The Balaban J connectivity index is 1.60. The molecule has 0 spiro atoms. The van der Waals surface area contributed by atoms with E-state index in [0.29, 0.717) is 30.3 Å². The minimum absolute atomic E-state index is 0.0722. The summed E-state index contributed by atoms with van der Waals surface area (Å²) in [4.78, 5) is 23.9. The molecular formula is C23H29F3O3. The second-order valence-corrected chi connectivity index (χ2v) is 10.1. The third-order valence-corrected chi connectivity index (χ3v) is 8.81. The highest BCUT2D eigenvalue weighted by Crippen LogP contribution is 2.66. The lowest BCUT2D eigenvalue weighted by Crippen LogP contribution is -2.50. The number of carbonyl (C=O) groups excluding carboxylic acids is 1. The first-order chi connectivity index (χ1) is 13.5. The van der Waals surface area contributed by atoms with Crippen molar-refractivity contribution in [2.75, 3.05) is 0 Å². The zero-order valence-electron chi connectivity index (χ0n) is 17.0. The maximum absolute atomic E-state index is 12.8. The monoisotopic (exact) mass is 410 g/mol. The van der Waals surface area contributed by atoms with E-state index in [4.69, 9.17) is 0 Å². The fraction of sp³-hybridized carbons (Fsp3) is 0.739. The van der Waals surface area contributed by atoms with Crippen LogP contribution in [0.1, 0.15) is 65.2 Å². The number of carbonyl (C=O) groups is 2. The molecule has 4 aliphatic carbocycles. The molecule has 4 rings (SSSR count). The summed E-state index contributed by atoms with van der Waals surface area (Å²) in [5.41, 5.74) is 1.17. The number of allylic oxidation sites excluding steroid dienone is 3. The zero-order chi connectivity index (χ0) is 21.2. The van der Waals surface area contributed by atoms with Gasteiger partial charge >= 0.3 is 12.1 Å². The van der Waals surface area contributed by atoms with Gasteiger partial charge in [-0.2, -0.15) is 13.2 Å². The molecule has 1 N–H and O–H groups in total. The maximum Gasteiger partial charge on any atom is 0.395 e. The molecule has 0 radical (unpaired) electrons. The van der Waals surface area contributed by atoms with Gasteiger partial charge in [-0.05, 0) is 85.2 Å². The van der Waals surface area contributed by atoms with Crippen LogP contribution in [0.3, 0.4) is 0 Å². The van der Waals surface area contributed by atoms with Crippen LogP contribution in [0.2, 0.25) is 0 Å². The number of hydrogen-bond acceptors (Lipinski definition) is 2. The first-order valence-electron chi connectivity index (χ1n) is 10.7. The van der Waals surface area contributed by atoms with Crippen molar-refractivity contribution in [1.82, 2.24) is 0 Å². The second kappa shape index (κ2) is 6.71. The Labute approximate surface area is 169 Å². The van der Waals surface area contributed by atoms with Gasteiger partial charge < -0.3 is 5.11 Å². The molecule has 2 saturated carbocycles. The lowest BCUT2D eigenvalue weighted by Gasteiger charge is -2.57. The Morgan fingerprint density at radius 2 is 1.86 bits per heavy atom. The van der Waals surface area contributed by atoms with E-state index in [9.17, 15) is 27.9 Å². The van der Waals surface area contributed by atoms with Gasteiger partial charge in [0.15, 0.2) is 0 Å². The van der Waals surface area contributed by atoms with Crippen LogP contribution < -0.4 is 0 Å². The zero-order valence-corrected chi connectivity index (χ0v) is 17.0. The fourth-order valence-corrected chi connectivity index (χ4v) is 7.34. The SMILES string of the molecule is C[C@]12CC[C@H]3[C@@H](CC=C4C=C(C(=O)O)CC[C@@]43C)[C@@H]1CC[C@@H]2C(=O)CC(F)(F)F. The van der Waals surface area contributed by atoms with E-state index in [0.717, 1.165) is 37.7 Å². The number of fused-ring (bicyclic) bond motifs is 5. The van der Waals surface area contributed by atoms with Gasteiger partial charge in [-0.1, -0.05) is 19.9 Å². The van der Waals surface area contributed by atoms with Gasteiger partial charge in [-0.25, -0.2) is 4.79 Å². The summed E-state index contributed by atoms with van der Waals surface area (Å²) >= 11 is 0. The Kier molecular flexibility index (Phi) is 4.78. The molecule has 0 aromatic heterocycles. The van der Waals surface area contributed by atoms with Crippen molar-refractivity contribution >= 4 is 11.8 Å². The molecule has 0 aliphatic heterocycles. The van der Waals surface area contributed by atoms with Crippen LogP contribution in [0.5, 0.6) is 0 Å². The molecule has 0 saturated heterocycles. The average molecular weight is 410 g/mol. The van der Waals surface area contributed by atoms with Crippen LogP contribution in [0.25, 0.3) is 0 Å². The van der Waals surface area contributed by atoms with E-state index >= 15 is 0 Å². The van der Waals surface area contributed by atoms with Crippen molar-refractivity contribution in [3.05, 3.63) is 23.3 Å². The summed E-state index contributed by atoms with van der Waals surface area (Å²) in [6.07, 6.45) is 3.53. The second-order valence-electron chi connectivity index (χ2n) is 10.1. The smallest absolute Gasteiger partial charge is 0.395 e. The molecule has 29 heavy (non-hydrogen) atoms. The molecule has 0 aromatic carbocycles. The van der Waals surface area contributed by atoms with Crippen molar-refractivity contribution in [3.63, 3.8) is 0 Å². The summed E-state index contributed by atoms with van der Waals surface area (Å²) in [5, 5.41) is 9.36. The molecule has 4 aliphatic rings. The number of halogens is 3. The number of alkyl halides is 3. The predicted octanol–water partition coefficient (Wildman–Crippen LogP) is 5.71. The summed E-state index contributed by atoms with van der Waals surface area (Å²) in [6.45, 7) is 4.28. The third kappa shape index (κ3) is 3.27. The number of aliphatic carboxylic acids is 1. The molecular weight excluding hydrogens is 381 g/mol. The highest BCUT2D eigenvalue weighted by atomic mass is 19.4. The van der Waals surface area contributed by atoms with Gasteiger partial charge in [-0.3, -0.25) is 4.79 Å². The molecule has 2 fully saturated rings. The van der Waals surface area contributed by atoms with Gasteiger partial charge in [0.25, 0.3) is 0 Å². The average Bonchev–Trinajstić information content (AvgIpc) is 2.96. The predicted molar refractivity (Wildman–Crippen MR) is 102 cm³/mol. The van der Waals surface area contributed by atoms with Crippen molar-refractivity contribution in [2.24, 2.45) is 34.5 Å². The minimum Gasteiger partial charge on any atom is -0.478 e. The largest absolute Gasteiger partial charge is 0.478 e. The maximum atomic E-state index is 12.8. The van der Waals surface area contributed by atoms with Crippen molar-refractivity contribution in [2.45, 2.75) is 71.4 Å². The number of Topliss-reactive ketones (excluding diaryl/α,β-unsaturated/α-hetero) is 1. The number of ketones is 1. The summed E-state index contributed by atoms with van der Waals surface area (Å²) in [5.74, 6) is -0.936. The molecule has 0 aromatic rings. The Hall–Kier alpha value is -1.59. The van der Waals surface area contributed by atoms with Crippen LogP contribution in [-0.4, -0.2) is 23.0 Å². The lowest BCUT2D eigenvalue weighted by molar-refractivity contribution is -0.159. The Morgan fingerprint density at radius 1 is 1.14 bits per heavy atom. The van der Waals surface area contributed by atoms with Crippen molar-refractivity contribution in [3.8, 4) is 0 Å². The van der Waals surface area contributed by atoms with Crippen molar-refractivity contribution < 1.29 is 27.9 Å². The highest BCUT2D eigenvalue weighted by Gasteiger charge is 2.60. The molecule has 0 unspecified atom stereocenters. The van der Waals surface area contributed by atoms with E-state index in [-0.39, 0.29) is 16.7 Å². The van der Waals surface area contributed by atoms with E-state index in [1.165, 1.54) is 0 Å². The van der Waals surface area contributed by atoms with Crippen LogP contribution >= 0.6 is 0 Å². The third-order valence-electron chi connectivity index (χ3n) is 8.81. The number of rotatable bonds is 3. The summed E-state index contributed by atoms with van der Waals surface area (Å²) in [7, 11) is 0. The Bertz CT molecular complexity index is 796. The fourth-order valence-electron chi connectivity index (χ4n) is 7.34.